The minimum absolute atomic E-state index is 0.129. The van der Waals surface area contributed by atoms with Crippen molar-refractivity contribution >= 4 is 23.9 Å². The highest BCUT2D eigenvalue weighted by Gasteiger charge is 2.46. The van der Waals surface area contributed by atoms with Crippen molar-refractivity contribution in [3.8, 4) is 0 Å². The fourth-order valence-electron chi connectivity index (χ4n) is 2.20. The van der Waals surface area contributed by atoms with E-state index in [4.69, 9.17) is 23.7 Å². The van der Waals surface area contributed by atoms with E-state index in [9.17, 15) is 19.2 Å². The highest BCUT2D eigenvalue weighted by molar-refractivity contribution is 5.69. The molecule has 1 rings (SSSR count). The molecule has 0 N–H and O–H groups in total. The Balaban J connectivity index is 3.18. The molecule has 0 aliphatic carbocycles. The van der Waals surface area contributed by atoms with E-state index >= 15 is 0 Å². The van der Waals surface area contributed by atoms with E-state index in [1.807, 2.05) is 0 Å². The van der Waals surface area contributed by atoms with Gasteiger partial charge in [-0.15, -0.1) is 0 Å². The smallest absolute Gasteiger partial charge is 0.307 e. The summed E-state index contributed by atoms with van der Waals surface area (Å²) in [6.45, 7) is 6.19. The molecule has 0 spiro atoms. The molecule has 1 aliphatic heterocycles. The minimum Gasteiger partial charge on any atom is -0.486 e. The van der Waals surface area contributed by atoms with Gasteiger partial charge in [-0.2, -0.15) is 0 Å². The van der Waals surface area contributed by atoms with Crippen molar-refractivity contribution in [2.45, 2.75) is 59.0 Å². The summed E-state index contributed by atoms with van der Waals surface area (Å²) in [5, 5.41) is 0. The van der Waals surface area contributed by atoms with Crippen LogP contribution in [-0.2, 0) is 42.9 Å². The second-order valence-electron chi connectivity index (χ2n) is 5.13. The van der Waals surface area contributed by atoms with E-state index in [2.05, 4.69) is 0 Å². The first-order valence-electron chi connectivity index (χ1n) is 7.17. The molecule has 24 heavy (non-hydrogen) atoms. The van der Waals surface area contributed by atoms with Gasteiger partial charge >= 0.3 is 23.9 Å². The number of ether oxygens (including phenoxy) is 5. The second kappa shape index (κ2) is 8.32. The van der Waals surface area contributed by atoms with Crippen LogP contribution in [0.25, 0.3) is 0 Å². The molecule has 134 valence electrons. The zero-order valence-corrected chi connectivity index (χ0v) is 14.1. The summed E-state index contributed by atoms with van der Waals surface area (Å²) in [4.78, 5) is 45.1. The predicted molar refractivity (Wildman–Crippen MR) is 77.1 cm³/mol. The topological polar surface area (TPSA) is 114 Å². The fraction of sp³-hybridized carbons (Fsp3) is 0.600. The average molecular weight is 344 g/mol. The van der Waals surface area contributed by atoms with Crippen molar-refractivity contribution in [2.24, 2.45) is 0 Å². The van der Waals surface area contributed by atoms with Crippen LogP contribution >= 0.6 is 0 Å². The monoisotopic (exact) mass is 344 g/mol. The van der Waals surface area contributed by atoms with Crippen molar-refractivity contribution in [3.05, 3.63) is 12.0 Å². The summed E-state index contributed by atoms with van der Waals surface area (Å²) in [7, 11) is 0. The van der Waals surface area contributed by atoms with Crippen LogP contribution in [0.4, 0.5) is 0 Å². The largest absolute Gasteiger partial charge is 0.486 e. The predicted octanol–water partition coefficient (Wildman–Crippen LogP) is 0.605. The molecule has 0 amide bonds. The quantitative estimate of drug-likeness (QED) is 0.522. The maximum Gasteiger partial charge on any atom is 0.307 e. The molecule has 0 fully saturated rings. The van der Waals surface area contributed by atoms with Crippen LogP contribution in [0.15, 0.2) is 12.0 Å². The van der Waals surface area contributed by atoms with Gasteiger partial charge in [0.25, 0.3) is 0 Å². The van der Waals surface area contributed by atoms with Gasteiger partial charge in [0.2, 0.25) is 6.10 Å². The summed E-state index contributed by atoms with van der Waals surface area (Å²) in [5.74, 6) is -2.72. The van der Waals surface area contributed by atoms with Gasteiger partial charge < -0.3 is 23.7 Å². The van der Waals surface area contributed by atoms with Gasteiger partial charge in [-0.05, 0) is 6.92 Å². The molecule has 0 aromatic carbocycles. The van der Waals surface area contributed by atoms with E-state index in [0.717, 1.165) is 27.0 Å². The lowest BCUT2D eigenvalue weighted by atomic mass is 9.99. The van der Waals surface area contributed by atoms with Gasteiger partial charge in [0.15, 0.2) is 18.0 Å². The number of carbonyl (C=O) groups is 4. The van der Waals surface area contributed by atoms with Crippen LogP contribution in [0.1, 0.15) is 34.6 Å². The lowest BCUT2D eigenvalue weighted by Crippen LogP contribution is -2.52. The van der Waals surface area contributed by atoms with Crippen LogP contribution in [0.5, 0.6) is 0 Å². The molecule has 0 radical (unpaired) electrons. The van der Waals surface area contributed by atoms with Crippen molar-refractivity contribution in [1.82, 2.24) is 0 Å². The molecule has 0 unspecified atom stereocenters. The summed E-state index contributed by atoms with van der Waals surface area (Å²) < 4.78 is 25.7. The first-order valence-corrected chi connectivity index (χ1v) is 7.17. The minimum atomic E-state index is -1.22. The fourth-order valence-corrected chi connectivity index (χ4v) is 2.20. The van der Waals surface area contributed by atoms with E-state index in [1.165, 1.54) is 13.8 Å². The molecule has 0 saturated heterocycles. The van der Waals surface area contributed by atoms with Gasteiger partial charge in [-0.1, -0.05) is 0 Å². The normalized spacial score (nSPS) is 23.9. The van der Waals surface area contributed by atoms with Gasteiger partial charge in [0, 0.05) is 27.7 Å². The lowest BCUT2D eigenvalue weighted by molar-refractivity contribution is -0.193. The zero-order chi connectivity index (χ0) is 18.4. The first-order chi connectivity index (χ1) is 11.1. The summed E-state index contributed by atoms with van der Waals surface area (Å²) in [5.41, 5.74) is 0. The average Bonchev–Trinajstić information content (AvgIpc) is 2.39. The van der Waals surface area contributed by atoms with Crippen LogP contribution in [-0.4, -0.2) is 48.3 Å². The van der Waals surface area contributed by atoms with Crippen LogP contribution in [0.2, 0.25) is 0 Å². The summed E-state index contributed by atoms with van der Waals surface area (Å²) >= 11 is 0. The molecule has 0 bridgehead atoms. The van der Waals surface area contributed by atoms with Crippen LogP contribution in [0, 0.1) is 0 Å². The van der Waals surface area contributed by atoms with Crippen molar-refractivity contribution in [3.63, 3.8) is 0 Å². The molecule has 0 aromatic rings. The van der Waals surface area contributed by atoms with E-state index in [-0.39, 0.29) is 5.76 Å². The van der Waals surface area contributed by atoms with Crippen LogP contribution < -0.4 is 0 Å². The molecule has 0 aromatic heterocycles. The third-order valence-electron chi connectivity index (χ3n) is 2.92. The molecule has 4 atom stereocenters. The Morgan fingerprint density at radius 2 is 1.54 bits per heavy atom. The third kappa shape index (κ3) is 5.56. The highest BCUT2D eigenvalue weighted by Crippen LogP contribution is 2.28. The summed E-state index contributed by atoms with van der Waals surface area (Å²) in [6, 6.07) is 0. The Morgan fingerprint density at radius 1 is 0.958 bits per heavy atom. The molecule has 9 heteroatoms. The van der Waals surface area contributed by atoms with Gasteiger partial charge in [0.1, 0.15) is 12.4 Å². The number of hydrogen-bond acceptors (Lipinski definition) is 9. The van der Waals surface area contributed by atoms with E-state index in [0.29, 0.717) is 0 Å². The standard InChI is InChI=1S/C15H20O9/c1-7(21-8(2)16)13-15(24-11(5)19)14(23-10(4)18)12(6-20-13)22-9(3)17/h6-7,13-15H,1-5H3/t7-,13-,14-,15+/m1/s1. The maximum absolute atomic E-state index is 11.4. The Labute approximate surface area is 138 Å². The molecule has 1 aliphatic rings. The number of esters is 4. The lowest BCUT2D eigenvalue weighted by Gasteiger charge is -2.37. The number of rotatable bonds is 5. The molecule has 9 nitrogen and oxygen atoms in total. The summed E-state index contributed by atoms with van der Waals surface area (Å²) in [6.07, 6.45) is -3.09. The molecular formula is C15H20O9. The first kappa shape index (κ1) is 19.5. The zero-order valence-electron chi connectivity index (χ0n) is 14.1. The maximum atomic E-state index is 11.4. The Hall–Kier alpha value is -2.58. The van der Waals surface area contributed by atoms with Crippen molar-refractivity contribution in [1.29, 1.82) is 0 Å². The van der Waals surface area contributed by atoms with E-state index < -0.39 is 48.3 Å². The number of carbonyl (C=O) groups excluding carboxylic acids is 4. The van der Waals surface area contributed by atoms with Gasteiger partial charge in [0.05, 0.1) is 0 Å². The second-order valence-corrected chi connectivity index (χ2v) is 5.13. The molecular weight excluding hydrogens is 324 g/mol. The van der Waals surface area contributed by atoms with Gasteiger partial charge in [-0.25, -0.2) is 0 Å². The third-order valence-corrected chi connectivity index (χ3v) is 2.92. The van der Waals surface area contributed by atoms with Crippen molar-refractivity contribution in [2.75, 3.05) is 0 Å². The highest BCUT2D eigenvalue weighted by atomic mass is 16.6. The number of hydrogen-bond donors (Lipinski definition) is 0. The van der Waals surface area contributed by atoms with Crippen molar-refractivity contribution < 1.29 is 42.9 Å². The Morgan fingerprint density at radius 3 is 2.00 bits per heavy atom. The van der Waals surface area contributed by atoms with E-state index in [1.54, 1.807) is 0 Å². The molecule has 0 saturated carbocycles. The molecule has 1 heterocycles. The Bertz CT molecular complexity index is 551. The SMILES string of the molecule is CC(=O)OC1=CO[C@H]([C@@H](C)OC(C)=O)[C@H](OC(C)=O)[C@@H]1OC(C)=O. The van der Waals surface area contributed by atoms with Gasteiger partial charge in [-0.3, -0.25) is 19.2 Å². The Kier molecular flexibility index (Phi) is 6.75. The van der Waals surface area contributed by atoms with Crippen LogP contribution in [0.3, 0.4) is 0 Å².